The van der Waals surface area contributed by atoms with Gasteiger partial charge in [0.05, 0.1) is 11.3 Å². The summed E-state index contributed by atoms with van der Waals surface area (Å²) in [6, 6.07) is 3.60. The zero-order chi connectivity index (χ0) is 13.4. The summed E-state index contributed by atoms with van der Waals surface area (Å²) in [5.74, 6) is 1.34. The number of hydrogen-bond acceptors (Lipinski definition) is 4. The number of aromatic nitrogens is 1. The molecule has 0 spiro atoms. The number of nitrogens with zero attached hydrogens (tertiary/aromatic N) is 1. The van der Waals surface area contributed by atoms with Gasteiger partial charge in [-0.1, -0.05) is 6.92 Å². The Morgan fingerprint density at radius 1 is 1.61 bits per heavy atom. The lowest BCUT2D eigenvalue weighted by Gasteiger charge is -2.13. The molecule has 1 aromatic heterocycles. The van der Waals surface area contributed by atoms with E-state index in [9.17, 15) is 4.79 Å². The van der Waals surface area contributed by atoms with Crippen LogP contribution in [-0.2, 0) is 6.54 Å². The van der Waals surface area contributed by atoms with Crippen LogP contribution in [0, 0.1) is 0 Å². The molecule has 0 radical (unpaired) electrons. The fourth-order valence-electron chi connectivity index (χ4n) is 1.55. The summed E-state index contributed by atoms with van der Waals surface area (Å²) >= 11 is 1.92. The zero-order valence-corrected chi connectivity index (χ0v) is 11.7. The van der Waals surface area contributed by atoms with Gasteiger partial charge in [0.1, 0.15) is 0 Å². The molecule has 0 aromatic carbocycles. The van der Waals surface area contributed by atoms with Crippen LogP contribution in [0.1, 0.15) is 36.3 Å². The van der Waals surface area contributed by atoms with Gasteiger partial charge in [-0.3, -0.25) is 4.98 Å². The highest BCUT2D eigenvalue weighted by atomic mass is 32.2. The van der Waals surface area contributed by atoms with Crippen molar-refractivity contribution in [2.45, 2.75) is 32.9 Å². The highest BCUT2D eigenvalue weighted by Gasteiger charge is 2.11. The van der Waals surface area contributed by atoms with Gasteiger partial charge in [0.25, 0.3) is 0 Å². The maximum Gasteiger partial charge on any atom is 0.337 e. The van der Waals surface area contributed by atoms with E-state index >= 15 is 0 Å². The van der Waals surface area contributed by atoms with E-state index in [1.54, 1.807) is 18.3 Å². The standard InChI is InChI=1S/C13H20N2O2S/c1-3-18-8-6-10(2)15-9-12-11(13(16)17)5-4-7-14-12/h4-5,7,10,15H,3,6,8-9H2,1-2H3,(H,16,17). The van der Waals surface area contributed by atoms with Gasteiger partial charge in [-0.25, -0.2) is 4.79 Å². The van der Waals surface area contributed by atoms with Crippen LogP contribution in [0.25, 0.3) is 0 Å². The Bertz CT molecular complexity index is 385. The topological polar surface area (TPSA) is 62.2 Å². The van der Waals surface area contributed by atoms with Gasteiger partial charge >= 0.3 is 5.97 Å². The smallest absolute Gasteiger partial charge is 0.337 e. The number of nitrogens with one attached hydrogen (secondary N) is 1. The minimum Gasteiger partial charge on any atom is -0.478 e. The van der Waals surface area contributed by atoms with Crippen LogP contribution >= 0.6 is 11.8 Å². The summed E-state index contributed by atoms with van der Waals surface area (Å²) in [5.41, 5.74) is 0.875. The third kappa shape index (κ3) is 5.06. The van der Waals surface area contributed by atoms with Crippen LogP contribution in [0.2, 0.25) is 0 Å². The predicted molar refractivity (Wildman–Crippen MR) is 75.1 cm³/mol. The molecule has 0 bridgehead atoms. The van der Waals surface area contributed by atoms with Crippen LogP contribution < -0.4 is 5.32 Å². The van der Waals surface area contributed by atoms with E-state index in [4.69, 9.17) is 5.11 Å². The third-order valence-electron chi connectivity index (χ3n) is 2.64. The maximum absolute atomic E-state index is 11.0. The molecule has 1 rings (SSSR count). The number of aromatic carboxylic acids is 1. The summed E-state index contributed by atoms with van der Waals surface area (Å²) in [4.78, 5) is 15.1. The Labute approximate surface area is 112 Å². The van der Waals surface area contributed by atoms with Gasteiger partial charge in [-0.15, -0.1) is 0 Å². The van der Waals surface area contributed by atoms with E-state index in [1.807, 2.05) is 11.8 Å². The first-order valence-corrected chi connectivity index (χ1v) is 7.29. The SMILES string of the molecule is CCSCCC(C)NCc1ncccc1C(=O)O. The van der Waals surface area contributed by atoms with Gasteiger partial charge < -0.3 is 10.4 Å². The van der Waals surface area contributed by atoms with Crippen molar-refractivity contribution in [1.29, 1.82) is 0 Å². The van der Waals surface area contributed by atoms with Gasteiger partial charge in [0.15, 0.2) is 0 Å². The molecule has 0 saturated carbocycles. The second-order valence-corrected chi connectivity index (χ2v) is 5.46. The van der Waals surface area contributed by atoms with Crippen molar-refractivity contribution in [3.05, 3.63) is 29.6 Å². The molecule has 0 amide bonds. The lowest BCUT2D eigenvalue weighted by Crippen LogP contribution is -2.27. The van der Waals surface area contributed by atoms with Crippen LogP contribution in [0.15, 0.2) is 18.3 Å². The van der Waals surface area contributed by atoms with E-state index in [1.165, 1.54) is 0 Å². The number of carbonyl (C=O) groups is 1. The molecule has 1 unspecified atom stereocenters. The molecule has 0 fully saturated rings. The molecule has 0 aliphatic heterocycles. The molecule has 1 aromatic rings. The maximum atomic E-state index is 11.0. The van der Waals surface area contributed by atoms with E-state index in [0.717, 1.165) is 17.9 Å². The molecule has 100 valence electrons. The molecule has 1 heterocycles. The molecule has 1 atom stereocenters. The molecule has 0 aliphatic carbocycles. The second-order valence-electron chi connectivity index (χ2n) is 4.07. The average molecular weight is 268 g/mol. The van der Waals surface area contributed by atoms with E-state index in [2.05, 4.69) is 24.1 Å². The molecule has 0 aliphatic rings. The van der Waals surface area contributed by atoms with Crippen molar-refractivity contribution >= 4 is 17.7 Å². The molecule has 5 heteroatoms. The first-order chi connectivity index (χ1) is 8.65. The molecule has 0 saturated heterocycles. The van der Waals surface area contributed by atoms with E-state index in [-0.39, 0.29) is 5.56 Å². The Hall–Kier alpha value is -1.07. The summed E-state index contributed by atoms with van der Waals surface area (Å²) in [5, 5.41) is 12.3. The Balaban J connectivity index is 2.45. The molecule has 18 heavy (non-hydrogen) atoms. The Morgan fingerprint density at radius 2 is 2.39 bits per heavy atom. The molecule has 4 nitrogen and oxygen atoms in total. The lowest BCUT2D eigenvalue weighted by atomic mass is 10.2. The minimum atomic E-state index is -0.922. The first-order valence-electron chi connectivity index (χ1n) is 6.13. The third-order valence-corrected chi connectivity index (χ3v) is 3.57. The average Bonchev–Trinajstić information content (AvgIpc) is 2.37. The minimum absolute atomic E-state index is 0.278. The monoisotopic (exact) mass is 268 g/mol. The van der Waals surface area contributed by atoms with Gasteiger partial charge in [0, 0.05) is 18.8 Å². The van der Waals surface area contributed by atoms with Crippen LogP contribution in [0.4, 0.5) is 0 Å². The first kappa shape index (κ1) is 15.0. The van der Waals surface area contributed by atoms with E-state index < -0.39 is 5.97 Å². The number of rotatable bonds is 8. The summed E-state index contributed by atoms with van der Waals surface area (Å²) in [6.45, 7) is 4.76. The van der Waals surface area contributed by atoms with Crippen LogP contribution in [-0.4, -0.2) is 33.6 Å². The fourth-order valence-corrected chi connectivity index (χ4v) is 2.36. The molecular formula is C13H20N2O2S. The fraction of sp³-hybridized carbons (Fsp3) is 0.538. The zero-order valence-electron chi connectivity index (χ0n) is 10.8. The lowest BCUT2D eigenvalue weighted by molar-refractivity contribution is 0.0695. The van der Waals surface area contributed by atoms with Crippen molar-refractivity contribution in [1.82, 2.24) is 10.3 Å². The quantitative estimate of drug-likeness (QED) is 0.709. The summed E-state index contributed by atoms with van der Waals surface area (Å²) in [6.07, 6.45) is 2.70. The summed E-state index contributed by atoms with van der Waals surface area (Å²) in [7, 11) is 0. The number of carboxylic acid groups (broad SMARTS) is 1. The molecular weight excluding hydrogens is 248 g/mol. The summed E-state index contributed by atoms with van der Waals surface area (Å²) < 4.78 is 0. The van der Waals surface area contributed by atoms with Crippen LogP contribution in [0.5, 0.6) is 0 Å². The Morgan fingerprint density at radius 3 is 3.06 bits per heavy atom. The second kappa shape index (κ2) is 8.11. The van der Waals surface area contributed by atoms with Crippen LogP contribution in [0.3, 0.4) is 0 Å². The van der Waals surface area contributed by atoms with Crippen molar-refractivity contribution in [2.24, 2.45) is 0 Å². The van der Waals surface area contributed by atoms with Crippen molar-refractivity contribution in [2.75, 3.05) is 11.5 Å². The predicted octanol–water partition coefficient (Wildman–Crippen LogP) is 2.40. The van der Waals surface area contributed by atoms with Crippen molar-refractivity contribution in [3.8, 4) is 0 Å². The highest BCUT2D eigenvalue weighted by molar-refractivity contribution is 7.99. The van der Waals surface area contributed by atoms with E-state index in [0.29, 0.717) is 18.3 Å². The largest absolute Gasteiger partial charge is 0.478 e. The van der Waals surface area contributed by atoms with Gasteiger partial charge in [-0.05, 0) is 37.0 Å². The number of thioether (sulfide) groups is 1. The normalized spacial score (nSPS) is 12.3. The van der Waals surface area contributed by atoms with Gasteiger partial charge in [0.2, 0.25) is 0 Å². The van der Waals surface area contributed by atoms with Gasteiger partial charge in [-0.2, -0.15) is 11.8 Å². The highest BCUT2D eigenvalue weighted by Crippen LogP contribution is 2.07. The number of hydrogen-bond donors (Lipinski definition) is 2. The molecule has 2 N–H and O–H groups in total. The Kier molecular flexibility index (Phi) is 6.75. The van der Waals surface area contributed by atoms with Crippen molar-refractivity contribution in [3.63, 3.8) is 0 Å². The number of carboxylic acids is 1. The van der Waals surface area contributed by atoms with Crippen molar-refractivity contribution < 1.29 is 9.90 Å². The number of pyridine rings is 1.